The predicted octanol–water partition coefficient (Wildman–Crippen LogP) is 5.01. The van der Waals surface area contributed by atoms with Gasteiger partial charge in [0, 0.05) is 26.3 Å². The van der Waals surface area contributed by atoms with Crippen LogP contribution in [0.3, 0.4) is 0 Å². The van der Waals surface area contributed by atoms with E-state index in [-0.39, 0.29) is 5.69 Å². The number of halogens is 2. The molecule has 0 saturated carbocycles. The normalized spacial score (nSPS) is 12.5. The lowest BCUT2D eigenvalue weighted by atomic mass is 10.0. The minimum Gasteiger partial charge on any atom is -0.380 e. The third-order valence-electron chi connectivity index (χ3n) is 5.07. The molecule has 172 valence electrons. The lowest BCUT2D eigenvalue weighted by Gasteiger charge is -2.29. The third kappa shape index (κ3) is 6.45. The minimum absolute atomic E-state index is 0.173. The monoisotopic (exact) mass is 458 g/mol. The second kappa shape index (κ2) is 11.3. The van der Waals surface area contributed by atoms with Crippen LogP contribution in [0.25, 0.3) is 0 Å². The number of methoxy groups -OCH3 is 1. The molecule has 0 aromatic heterocycles. The van der Waals surface area contributed by atoms with Gasteiger partial charge in [-0.1, -0.05) is 56.1 Å². The van der Waals surface area contributed by atoms with Crippen LogP contribution in [0.15, 0.2) is 61.7 Å². The number of nitrogens with one attached hydrogen (secondary N) is 1. The zero-order chi connectivity index (χ0) is 23.9. The number of rotatable bonds is 11. The summed E-state index contributed by atoms with van der Waals surface area (Å²) < 4.78 is 34.6. The Morgan fingerprint density at radius 1 is 1.09 bits per heavy atom. The number of nitrogens with zero attached hydrogens (tertiary/aromatic N) is 1. The van der Waals surface area contributed by atoms with Gasteiger partial charge in [0.05, 0.1) is 20.4 Å². The number of carbonyl (C=O) groups is 1. The molecule has 2 aromatic carbocycles. The van der Waals surface area contributed by atoms with Gasteiger partial charge in [0.1, 0.15) is 17.7 Å². The van der Waals surface area contributed by atoms with E-state index in [9.17, 15) is 13.6 Å². The molecule has 1 unspecified atom stereocenters. The molecule has 0 saturated heterocycles. The Labute approximate surface area is 190 Å². The van der Waals surface area contributed by atoms with Gasteiger partial charge >= 0.3 is 0 Å². The molecule has 1 amide bonds. The fraction of sp³-hybridized carbons (Fsp3) is 0.320. The molecule has 2 aromatic rings. The molecule has 0 aliphatic carbocycles. The number of anilines is 1. The Kier molecular flexibility index (Phi) is 9.06. The first-order chi connectivity index (χ1) is 15.1. The largest absolute Gasteiger partial charge is 0.380 e. The first kappa shape index (κ1) is 25.6. The van der Waals surface area contributed by atoms with Gasteiger partial charge in [0.25, 0.3) is 0 Å². The second-order valence-corrected chi connectivity index (χ2v) is 13.7. The molecular weight excluding hydrogens is 426 g/mol. The molecule has 0 aliphatic heterocycles. The SMILES string of the molecule is C=CCN(CC=C)C(C(=O)Nc1cc(F)c([Si](C)(C)C)cc1F)c1ccc(COC)cc1. The van der Waals surface area contributed by atoms with Gasteiger partial charge in [-0.15, -0.1) is 13.2 Å². The van der Waals surface area contributed by atoms with E-state index in [1.807, 2.05) is 48.8 Å². The van der Waals surface area contributed by atoms with E-state index in [1.165, 1.54) is 6.07 Å². The molecule has 0 spiro atoms. The fourth-order valence-corrected chi connectivity index (χ4v) is 4.87. The van der Waals surface area contributed by atoms with Crippen molar-refractivity contribution in [1.29, 1.82) is 0 Å². The standard InChI is InChI=1S/C25H32F2N2O2Si/c1-7-13-29(14-8-2)24(19-11-9-18(10-12-19)17-31-3)25(30)28-22-15-21(27)23(16-20(22)26)32(4,5)6/h7-12,15-16,24H,1-2,13-14,17H2,3-6H3,(H,28,30). The zero-order valence-electron chi connectivity index (χ0n) is 19.3. The molecule has 4 nitrogen and oxygen atoms in total. The number of ether oxygens (including phenoxy) is 1. The van der Waals surface area contributed by atoms with Crippen molar-refractivity contribution in [2.45, 2.75) is 32.3 Å². The molecule has 0 bridgehead atoms. The first-order valence-electron chi connectivity index (χ1n) is 10.5. The minimum atomic E-state index is -2.07. The van der Waals surface area contributed by atoms with Crippen LogP contribution in [0.4, 0.5) is 14.5 Å². The van der Waals surface area contributed by atoms with E-state index in [2.05, 4.69) is 18.5 Å². The molecular formula is C25H32F2N2O2Si. The maximum atomic E-state index is 14.8. The molecule has 0 fully saturated rings. The third-order valence-corrected chi connectivity index (χ3v) is 7.07. The van der Waals surface area contributed by atoms with Gasteiger partial charge in [-0.25, -0.2) is 8.78 Å². The highest BCUT2D eigenvalue weighted by atomic mass is 28.3. The van der Waals surface area contributed by atoms with E-state index >= 15 is 0 Å². The predicted molar refractivity (Wildman–Crippen MR) is 130 cm³/mol. The van der Waals surface area contributed by atoms with Crippen LogP contribution in [0.5, 0.6) is 0 Å². The summed E-state index contributed by atoms with van der Waals surface area (Å²) in [6, 6.07) is 8.96. The highest BCUT2D eigenvalue weighted by Crippen LogP contribution is 2.25. The van der Waals surface area contributed by atoms with Crippen molar-refractivity contribution in [2.75, 3.05) is 25.5 Å². The molecule has 2 rings (SSSR count). The first-order valence-corrected chi connectivity index (χ1v) is 14.0. The second-order valence-electron chi connectivity index (χ2n) is 8.66. The number of benzene rings is 2. The number of hydrogen-bond donors (Lipinski definition) is 1. The maximum Gasteiger partial charge on any atom is 0.246 e. The molecule has 0 aliphatic rings. The summed E-state index contributed by atoms with van der Waals surface area (Å²) in [7, 11) is -0.454. The van der Waals surface area contributed by atoms with Crippen molar-refractivity contribution in [1.82, 2.24) is 4.90 Å². The van der Waals surface area contributed by atoms with Crippen LogP contribution in [-0.4, -0.2) is 39.1 Å². The van der Waals surface area contributed by atoms with Crippen LogP contribution in [0, 0.1) is 11.6 Å². The highest BCUT2D eigenvalue weighted by molar-refractivity contribution is 6.88. The summed E-state index contributed by atoms with van der Waals surface area (Å²) in [5, 5.41) is 2.98. The summed E-state index contributed by atoms with van der Waals surface area (Å²) in [5.74, 6) is -1.62. The van der Waals surface area contributed by atoms with E-state index in [0.29, 0.717) is 30.4 Å². The van der Waals surface area contributed by atoms with E-state index in [1.54, 1.807) is 19.3 Å². The topological polar surface area (TPSA) is 41.6 Å². The molecule has 0 radical (unpaired) electrons. The summed E-state index contributed by atoms with van der Waals surface area (Å²) >= 11 is 0. The van der Waals surface area contributed by atoms with E-state index < -0.39 is 31.7 Å². The lowest BCUT2D eigenvalue weighted by Crippen LogP contribution is -2.41. The van der Waals surface area contributed by atoms with Crippen LogP contribution < -0.4 is 10.5 Å². The smallest absolute Gasteiger partial charge is 0.246 e. The van der Waals surface area contributed by atoms with Crippen LogP contribution in [-0.2, 0) is 16.1 Å². The summed E-state index contributed by atoms with van der Waals surface area (Å²) in [5.41, 5.74) is 1.50. The summed E-state index contributed by atoms with van der Waals surface area (Å²) in [6.45, 7) is 14.6. The Hall–Kier alpha value is -2.61. The fourth-order valence-electron chi connectivity index (χ4n) is 3.53. The van der Waals surface area contributed by atoms with Crippen molar-refractivity contribution in [3.05, 3.63) is 84.5 Å². The summed E-state index contributed by atoms with van der Waals surface area (Å²) in [4.78, 5) is 15.2. The van der Waals surface area contributed by atoms with Crippen molar-refractivity contribution in [3.8, 4) is 0 Å². The van der Waals surface area contributed by atoms with Crippen LogP contribution >= 0.6 is 0 Å². The Morgan fingerprint density at radius 3 is 2.19 bits per heavy atom. The average molecular weight is 459 g/mol. The van der Waals surface area contributed by atoms with E-state index in [4.69, 9.17) is 4.74 Å². The lowest BCUT2D eigenvalue weighted by molar-refractivity contribution is -0.121. The molecule has 0 heterocycles. The van der Waals surface area contributed by atoms with Crippen molar-refractivity contribution in [3.63, 3.8) is 0 Å². The molecule has 32 heavy (non-hydrogen) atoms. The number of amides is 1. The number of hydrogen-bond acceptors (Lipinski definition) is 3. The van der Waals surface area contributed by atoms with Crippen molar-refractivity contribution >= 4 is 24.9 Å². The highest BCUT2D eigenvalue weighted by Gasteiger charge is 2.29. The van der Waals surface area contributed by atoms with Crippen molar-refractivity contribution in [2.24, 2.45) is 0 Å². The van der Waals surface area contributed by atoms with Gasteiger partial charge in [0.15, 0.2) is 0 Å². The van der Waals surface area contributed by atoms with E-state index in [0.717, 1.165) is 11.6 Å². The zero-order valence-corrected chi connectivity index (χ0v) is 20.3. The van der Waals surface area contributed by atoms with Gasteiger partial charge in [-0.05, 0) is 22.4 Å². The molecule has 1 atom stereocenters. The van der Waals surface area contributed by atoms with Gasteiger partial charge < -0.3 is 10.1 Å². The van der Waals surface area contributed by atoms with Gasteiger partial charge in [-0.3, -0.25) is 9.69 Å². The molecule has 1 N–H and O–H groups in total. The Morgan fingerprint density at radius 2 is 1.69 bits per heavy atom. The maximum absolute atomic E-state index is 14.8. The molecule has 7 heteroatoms. The Bertz CT molecular complexity index is 946. The number of carbonyl (C=O) groups excluding carboxylic acids is 1. The Balaban J connectivity index is 2.43. The van der Waals surface area contributed by atoms with Crippen LogP contribution in [0.2, 0.25) is 19.6 Å². The quantitative estimate of drug-likeness (QED) is 0.380. The van der Waals surface area contributed by atoms with Crippen LogP contribution in [0.1, 0.15) is 17.2 Å². The average Bonchev–Trinajstić information content (AvgIpc) is 2.71. The van der Waals surface area contributed by atoms with Gasteiger partial charge in [-0.2, -0.15) is 0 Å². The van der Waals surface area contributed by atoms with Crippen molar-refractivity contribution < 1.29 is 18.3 Å². The summed E-state index contributed by atoms with van der Waals surface area (Å²) in [6.07, 6.45) is 3.37. The van der Waals surface area contributed by atoms with Gasteiger partial charge in [0.2, 0.25) is 5.91 Å².